The van der Waals surface area contributed by atoms with Gasteiger partial charge in [0.2, 0.25) is 5.96 Å². The number of alkyl carbamates (subject to hydrolysis) is 1. The lowest BCUT2D eigenvalue weighted by Crippen LogP contribution is -2.55. The van der Waals surface area contributed by atoms with E-state index in [9.17, 15) is 13.8 Å². The first-order valence-electron chi connectivity index (χ1n) is 12.2. The third kappa shape index (κ3) is 6.31. The largest absolute Gasteiger partial charge is 0.444 e. The summed E-state index contributed by atoms with van der Waals surface area (Å²) < 4.78 is 40.6. The topological polar surface area (TPSA) is 162 Å². The maximum absolute atomic E-state index is 15.2. The number of halogens is 1. The number of pyridine rings is 2. The predicted molar refractivity (Wildman–Crippen MR) is 142 cm³/mol. The van der Waals surface area contributed by atoms with E-state index in [1.54, 1.807) is 27.7 Å². The fourth-order valence-corrected chi connectivity index (χ4v) is 6.62. The number of hydrogen-bond donors (Lipinski definition) is 2. The molecule has 2 aromatic heterocycles. The number of carbonyl (C=O) groups is 2. The molecule has 14 heteroatoms. The Morgan fingerprint density at radius 2 is 1.97 bits per heavy atom. The molecular weight excluding hydrogens is 527 g/mol. The molecule has 0 radical (unpaired) electrons. The molecule has 12 nitrogen and oxygen atoms in total. The number of amides is 2. The highest BCUT2D eigenvalue weighted by atomic mass is 32.2. The zero-order chi connectivity index (χ0) is 28.4. The van der Waals surface area contributed by atoms with Crippen molar-refractivity contribution in [2.75, 3.05) is 24.2 Å². The highest BCUT2D eigenvalue weighted by Crippen LogP contribution is 2.35. The number of ether oxygens (including phenoxy) is 1. The summed E-state index contributed by atoms with van der Waals surface area (Å²) >= 11 is 0. The van der Waals surface area contributed by atoms with Crippen LogP contribution >= 0.6 is 0 Å². The van der Waals surface area contributed by atoms with Crippen molar-refractivity contribution in [1.29, 1.82) is 5.26 Å². The van der Waals surface area contributed by atoms with Crippen molar-refractivity contribution in [3.8, 4) is 6.07 Å². The lowest BCUT2D eigenvalue weighted by molar-refractivity contribution is 0.0558. The standard InChI is InChI=1S/C25H29FN8O4S/c1-24(2,3)38-23(36)32-22-33-25(4,15-39(37)29-11-5-6-12-34(22)39)20-17(26)8-10-19(30-20)31-21(35)18-9-7-16(13-27)14-28-18/h7-10,14H,5-6,11-12,15H2,1-4H3,(H,30,31,35)(H,32,33,36)/t25-,39?/m0/s1. The van der Waals surface area contributed by atoms with Gasteiger partial charge in [-0.1, -0.05) is 0 Å². The van der Waals surface area contributed by atoms with Crippen molar-refractivity contribution in [1.82, 2.24) is 19.6 Å². The molecule has 0 bridgehead atoms. The van der Waals surface area contributed by atoms with Crippen LogP contribution in [-0.4, -0.2) is 60.9 Å². The average Bonchev–Trinajstić information content (AvgIpc) is 3.05. The van der Waals surface area contributed by atoms with Gasteiger partial charge < -0.3 is 10.1 Å². The molecule has 39 heavy (non-hydrogen) atoms. The first-order chi connectivity index (χ1) is 18.3. The summed E-state index contributed by atoms with van der Waals surface area (Å²) in [5.41, 5.74) is -2.17. The van der Waals surface area contributed by atoms with Gasteiger partial charge in [-0.2, -0.15) is 5.26 Å². The van der Waals surface area contributed by atoms with E-state index >= 15 is 4.39 Å². The molecule has 0 aromatic carbocycles. The van der Waals surface area contributed by atoms with Gasteiger partial charge in [0, 0.05) is 12.7 Å². The number of fused-ring (bicyclic) bond motifs is 1. The Labute approximate surface area is 226 Å². The van der Waals surface area contributed by atoms with Crippen LogP contribution in [-0.2, 0) is 20.2 Å². The number of anilines is 1. The van der Waals surface area contributed by atoms with E-state index in [0.29, 0.717) is 31.5 Å². The van der Waals surface area contributed by atoms with E-state index in [1.807, 2.05) is 6.07 Å². The second kappa shape index (κ2) is 10.6. The number of aromatic nitrogens is 2. The van der Waals surface area contributed by atoms with Crippen LogP contribution in [0.15, 0.2) is 39.8 Å². The number of hydrogen-bond acceptors (Lipinski definition) is 9. The molecule has 2 atom stereocenters. The Hall–Kier alpha value is -4.12. The van der Waals surface area contributed by atoms with Crippen molar-refractivity contribution in [2.24, 2.45) is 9.36 Å². The van der Waals surface area contributed by atoms with Crippen molar-refractivity contribution in [3.05, 3.63) is 53.2 Å². The Kier molecular flexibility index (Phi) is 7.56. The minimum Gasteiger partial charge on any atom is -0.444 e. The quantitative estimate of drug-likeness (QED) is 0.586. The van der Waals surface area contributed by atoms with Gasteiger partial charge in [-0.15, -0.1) is 0 Å². The highest BCUT2D eigenvalue weighted by Gasteiger charge is 2.44. The number of nitriles is 1. The second-order valence-corrected chi connectivity index (χ2v) is 12.5. The minimum atomic E-state index is -3.14. The van der Waals surface area contributed by atoms with Gasteiger partial charge >= 0.3 is 6.09 Å². The Balaban J connectivity index is 1.71. The molecule has 2 aromatic rings. The van der Waals surface area contributed by atoms with E-state index in [4.69, 9.17) is 10.00 Å². The van der Waals surface area contributed by atoms with Gasteiger partial charge in [-0.25, -0.2) is 32.7 Å². The molecule has 2 amide bonds. The van der Waals surface area contributed by atoms with E-state index in [-0.39, 0.29) is 28.9 Å². The summed E-state index contributed by atoms with van der Waals surface area (Å²) in [7, 11) is -3.14. The van der Waals surface area contributed by atoms with Crippen molar-refractivity contribution in [3.63, 3.8) is 0 Å². The van der Waals surface area contributed by atoms with Gasteiger partial charge in [0.05, 0.1) is 17.9 Å². The van der Waals surface area contributed by atoms with Crippen molar-refractivity contribution < 1.29 is 22.9 Å². The van der Waals surface area contributed by atoms with Gasteiger partial charge in [0.1, 0.15) is 50.1 Å². The molecule has 2 aliphatic heterocycles. The molecule has 0 aliphatic carbocycles. The molecule has 2 aliphatic rings. The zero-order valence-corrected chi connectivity index (χ0v) is 22.8. The molecular formula is C25H29FN8O4S. The van der Waals surface area contributed by atoms with Crippen LogP contribution in [0.1, 0.15) is 62.3 Å². The fraction of sp³-hybridized carbons (Fsp3) is 0.440. The molecule has 0 spiro atoms. The number of nitrogens with zero attached hydrogens (tertiary/aromatic N) is 6. The lowest BCUT2D eigenvalue weighted by Gasteiger charge is -2.39. The Morgan fingerprint density at radius 3 is 2.64 bits per heavy atom. The maximum Gasteiger partial charge on any atom is 0.414 e. The molecule has 0 saturated heterocycles. The van der Waals surface area contributed by atoms with Crippen LogP contribution in [0.5, 0.6) is 0 Å². The van der Waals surface area contributed by atoms with Crippen LogP contribution in [0, 0.1) is 17.1 Å². The summed E-state index contributed by atoms with van der Waals surface area (Å²) in [5, 5.41) is 14.1. The first kappa shape index (κ1) is 27.9. The SMILES string of the molecule is CC(C)(C)OC(=O)NC1=N[C@](C)(c2nc(NC(=O)c3ccc(C#N)cn3)ccc2F)CS2(=O)=NCCCCN12. The zero-order valence-electron chi connectivity index (χ0n) is 22.0. The normalized spacial score (nSPS) is 22.8. The van der Waals surface area contributed by atoms with E-state index in [1.165, 1.54) is 28.7 Å². The molecule has 2 N–H and O–H groups in total. The average molecular weight is 557 g/mol. The number of nitrogens with one attached hydrogen (secondary N) is 2. The van der Waals surface area contributed by atoms with Crippen LogP contribution in [0.2, 0.25) is 0 Å². The van der Waals surface area contributed by atoms with Gasteiger partial charge in [0.25, 0.3) is 5.91 Å². The summed E-state index contributed by atoms with van der Waals surface area (Å²) in [6.45, 7) is 7.33. The summed E-state index contributed by atoms with van der Waals surface area (Å²) in [6.07, 6.45) is 1.82. The fourth-order valence-electron chi connectivity index (χ4n) is 4.11. The number of carbonyl (C=O) groups excluding carboxylic acids is 2. The molecule has 0 saturated carbocycles. The minimum absolute atomic E-state index is 0.0100. The lowest BCUT2D eigenvalue weighted by atomic mass is 10.00. The Morgan fingerprint density at radius 1 is 1.21 bits per heavy atom. The van der Waals surface area contributed by atoms with Crippen LogP contribution in [0.3, 0.4) is 0 Å². The predicted octanol–water partition coefficient (Wildman–Crippen LogP) is 3.33. The molecule has 1 unspecified atom stereocenters. The van der Waals surface area contributed by atoms with Gasteiger partial charge in [-0.05, 0) is 64.8 Å². The van der Waals surface area contributed by atoms with E-state index in [0.717, 1.165) is 6.07 Å². The summed E-state index contributed by atoms with van der Waals surface area (Å²) in [5.74, 6) is -1.58. The Bertz CT molecular complexity index is 1490. The third-order valence-electron chi connectivity index (χ3n) is 5.80. The molecule has 4 heterocycles. The maximum atomic E-state index is 15.2. The van der Waals surface area contributed by atoms with Crippen LogP contribution < -0.4 is 10.6 Å². The summed E-state index contributed by atoms with van der Waals surface area (Å²) in [4.78, 5) is 38.2. The van der Waals surface area contributed by atoms with Gasteiger partial charge in [0.15, 0.2) is 0 Å². The third-order valence-corrected chi connectivity index (χ3v) is 8.37. The number of aliphatic imine (C=N–C) groups is 1. The smallest absolute Gasteiger partial charge is 0.414 e. The van der Waals surface area contributed by atoms with Crippen LogP contribution in [0.25, 0.3) is 0 Å². The first-order valence-corrected chi connectivity index (χ1v) is 13.9. The van der Waals surface area contributed by atoms with Crippen molar-refractivity contribution in [2.45, 2.75) is 51.7 Å². The number of rotatable bonds is 3. The molecule has 206 valence electrons. The summed E-state index contributed by atoms with van der Waals surface area (Å²) in [6, 6.07) is 7.14. The van der Waals surface area contributed by atoms with Gasteiger partial charge in [-0.3, -0.25) is 14.4 Å². The van der Waals surface area contributed by atoms with Crippen molar-refractivity contribution >= 4 is 33.7 Å². The monoisotopic (exact) mass is 556 g/mol. The van der Waals surface area contributed by atoms with Crippen LogP contribution in [0.4, 0.5) is 15.0 Å². The number of guanidine groups is 1. The molecule has 0 fully saturated rings. The molecule has 4 rings (SSSR count). The highest BCUT2D eigenvalue weighted by molar-refractivity contribution is 7.92. The van der Waals surface area contributed by atoms with E-state index < -0.39 is 38.9 Å². The second-order valence-electron chi connectivity index (χ2n) is 10.3. The van der Waals surface area contributed by atoms with E-state index in [2.05, 4.69) is 30.0 Å².